The van der Waals surface area contributed by atoms with Crippen molar-refractivity contribution >= 4 is 0 Å². The van der Waals surface area contributed by atoms with Gasteiger partial charge in [-0.05, 0) is 37.8 Å². The highest BCUT2D eigenvalue weighted by molar-refractivity contribution is 5.33. The molecule has 0 radical (unpaired) electrons. The molecule has 14 heavy (non-hydrogen) atoms. The van der Waals surface area contributed by atoms with Gasteiger partial charge < -0.3 is 9.84 Å². The number of aryl methyl sites for hydroxylation is 1. The van der Waals surface area contributed by atoms with Crippen molar-refractivity contribution in [1.29, 1.82) is 0 Å². The molecular formula is C12H16O2. The zero-order valence-electron chi connectivity index (χ0n) is 8.49. The van der Waals surface area contributed by atoms with Crippen molar-refractivity contribution in [3.05, 3.63) is 29.8 Å². The van der Waals surface area contributed by atoms with E-state index in [1.165, 1.54) is 5.56 Å². The lowest BCUT2D eigenvalue weighted by Crippen LogP contribution is -2.33. The van der Waals surface area contributed by atoms with Crippen LogP contribution in [0.2, 0.25) is 0 Å². The molecule has 1 N–H and O–H groups in total. The van der Waals surface area contributed by atoms with Gasteiger partial charge in [-0.15, -0.1) is 0 Å². The number of benzene rings is 1. The lowest BCUT2D eigenvalue weighted by Gasteiger charge is -2.26. The van der Waals surface area contributed by atoms with Crippen LogP contribution in [0.5, 0.6) is 5.75 Å². The Labute approximate surface area is 84.5 Å². The quantitative estimate of drug-likeness (QED) is 0.682. The highest BCUT2D eigenvalue weighted by atomic mass is 16.5. The van der Waals surface area contributed by atoms with Crippen molar-refractivity contribution in [3.63, 3.8) is 0 Å². The summed E-state index contributed by atoms with van der Waals surface area (Å²) in [5.41, 5.74) is 0.580. The average Bonchev–Trinajstić information content (AvgIpc) is 2.14. The Kier molecular flexibility index (Phi) is 2.46. The standard InChI is InChI=1S/C12H16O2/c1-12(13)8-4-6-10-5-2-3-7-11(10)14-9-12/h2-3,5,7,13H,4,6,8-9H2,1H3. The van der Waals surface area contributed by atoms with Crippen molar-refractivity contribution < 1.29 is 9.84 Å². The topological polar surface area (TPSA) is 29.5 Å². The normalized spacial score (nSPS) is 27.0. The molecule has 1 aliphatic rings. The van der Waals surface area contributed by atoms with E-state index in [1.54, 1.807) is 0 Å². The van der Waals surface area contributed by atoms with Gasteiger partial charge in [-0.2, -0.15) is 0 Å². The highest BCUT2D eigenvalue weighted by Gasteiger charge is 2.23. The third-order valence-corrected chi connectivity index (χ3v) is 2.67. The fourth-order valence-corrected chi connectivity index (χ4v) is 1.82. The van der Waals surface area contributed by atoms with Crippen LogP contribution in [0.25, 0.3) is 0 Å². The van der Waals surface area contributed by atoms with Crippen molar-refractivity contribution in [2.24, 2.45) is 0 Å². The Morgan fingerprint density at radius 2 is 2.14 bits per heavy atom. The molecule has 0 saturated carbocycles. The molecular weight excluding hydrogens is 176 g/mol. The van der Waals surface area contributed by atoms with E-state index in [-0.39, 0.29) is 0 Å². The number of para-hydroxylation sites is 1. The summed E-state index contributed by atoms with van der Waals surface area (Å²) in [5, 5.41) is 9.88. The first-order valence-corrected chi connectivity index (χ1v) is 5.10. The van der Waals surface area contributed by atoms with Crippen molar-refractivity contribution in [2.45, 2.75) is 31.8 Å². The molecule has 0 amide bonds. The summed E-state index contributed by atoms with van der Waals surface area (Å²) < 4.78 is 5.59. The maximum Gasteiger partial charge on any atom is 0.122 e. The van der Waals surface area contributed by atoms with Crippen LogP contribution in [0.4, 0.5) is 0 Å². The molecule has 1 aliphatic heterocycles. The van der Waals surface area contributed by atoms with Crippen LogP contribution >= 0.6 is 0 Å². The molecule has 0 saturated heterocycles. The number of fused-ring (bicyclic) bond motifs is 1. The zero-order chi connectivity index (χ0) is 10.0. The Morgan fingerprint density at radius 1 is 1.36 bits per heavy atom. The molecule has 1 aromatic carbocycles. The lowest BCUT2D eigenvalue weighted by molar-refractivity contribution is -0.000270. The van der Waals surface area contributed by atoms with Crippen LogP contribution in [-0.4, -0.2) is 17.3 Å². The highest BCUT2D eigenvalue weighted by Crippen LogP contribution is 2.26. The van der Waals surface area contributed by atoms with Crippen LogP contribution in [0.1, 0.15) is 25.3 Å². The molecule has 0 aliphatic carbocycles. The van der Waals surface area contributed by atoms with E-state index in [4.69, 9.17) is 4.74 Å². The van der Waals surface area contributed by atoms with Gasteiger partial charge in [0.05, 0.1) is 5.60 Å². The van der Waals surface area contributed by atoms with Gasteiger partial charge in [-0.1, -0.05) is 18.2 Å². The summed E-state index contributed by atoms with van der Waals surface area (Å²) in [6, 6.07) is 8.06. The minimum atomic E-state index is -0.673. The number of hydrogen-bond acceptors (Lipinski definition) is 2. The monoisotopic (exact) mass is 192 g/mol. The van der Waals surface area contributed by atoms with E-state index in [0.717, 1.165) is 25.0 Å². The number of ether oxygens (including phenoxy) is 1. The fraction of sp³-hybridized carbons (Fsp3) is 0.500. The predicted octanol–water partition coefficient (Wildman–Crippen LogP) is 2.15. The summed E-state index contributed by atoms with van der Waals surface area (Å²) in [5.74, 6) is 0.924. The third kappa shape index (κ3) is 2.07. The Morgan fingerprint density at radius 3 is 3.00 bits per heavy atom. The number of rotatable bonds is 0. The van der Waals surface area contributed by atoms with Crippen LogP contribution in [0.15, 0.2) is 24.3 Å². The van der Waals surface area contributed by atoms with Gasteiger partial charge in [-0.3, -0.25) is 0 Å². The van der Waals surface area contributed by atoms with Crippen molar-refractivity contribution in [1.82, 2.24) is 0 Å². The van der Waals surface area contributed by atoms with E-state index in [9.17, 15) is 5.11 Å². The molecule has 1 aromatic rings. The first-order valence-electron chi connectivity index (χ1n) is 5.10. The van der Waals surface area contributed by atoms with Gasteiger partial charge >= 0.3 is 0 Å². The van der Waals surface area contributed by atoms with Crippen molar-refractivity contribution in [2.75, 3.05) is 6.61 Å². The van der Waals surface area contributed by atoms with E-state index in [1.807, 2.05) is 25.1 Å². The van der Waals surface area contributed by atoms with E-state index >= 15 is 0 Å². The van der Waals surface area contributed by atoms with Crippen molar-refractivity contribution in [3.8, 4) is 5.75 Å². The predicted molar refractivity (Wildman–Crippen MR) is 55.5 cm³/mol. The second-order valence-corrected chi connectivity index (χ2v) is 4.25. The molecule has 0 bridgehead atoms. The third-order valence-electron chi connectivity index (χ3n) is 2.67. The average molecular weight is 192 g/mol. The van der Waals surface area contributed by atoms with E-state index in [0.29, 0.717) is 6.61 Å². The second-order valence-electron chi connectivity index (χ2n) is 4.25. The van der Waals surface area contributed by atoms with Gasteiger partial charge in [0.25, 0.3) is 0 Å². The number of aliphatic hydroxyl groups is 1. The summed E-state index contributed by atoms with van der Waals surface area (Å²) in [4.78, 5) is 0. The number of hydrogen-bond donors (Lipinski definition) is 1. The summed E-state index contributed by atoms with van der Waals surface area (Å²) in [6.07, 6.45) is 2.82. The minimum Gasteiger partial charge on any atom is -0.490 e. The van der Waals surface area contributed by atoms with Crippen LogP contribution in [0.3, 0.4) is 0 Å². The Balaban J connectivity index is 2.21. The second kappa shape index (κ2) is 3.62. The molecule has 2 rings (SSSR count). The maximum absolute atomic E-state index is 9.88. The summed E-state index contributed by atoms with van der Waals surface area (Å²) >= 11 is 0. The molecule has 1 heterocycles. The van der Waals surface area contributed by atoms with Gasteiger partial charge in [0.2, 0.25) is 0 Å². The van der Waals surface area contributed by atoms with Crippen LogP contribution in [-0.2, 0) is 6.42 Å². The first kappa shape index (κ1) is 9.53. The molecule has 0 fully saturated rings. The molecule has 1 atom stereocenters. The van der Waals surface area contributed by atoms with Crippen LogP contribution in [0, 0.1) is 0 Å². The fourth-order valence-electron chi connectivity index (χ4n) is 1.82. The van der Waals surface area contributed by atoms with Gasteiger partial charge in [-0.25, -0.2) is 0 Å². The van der Waals surface area contributed by atoms with Gasteiger partial charge in [0, 0.05) is 0 Å². The van der Waals surface area contributed by atoms with Crippen LogP contribution < -0.4 is 4.74 Å². The first-order chi connectivity index (χ1) is 6.67. The summed E-state index contributed by atoms with van der Waals surface area (Å²) in [6.45, 7) is 2.23. The molecule has 76 valence electrons. The van der Waals surface area contributed by atoms with Gasteiger partial charge in [0.15, 0.2) is 0 Å². The summed E-state index contributed by atoms with van der Waals surface area (Å²) in [7, 11) is 0. The Bertz CT molecular complexity index is 318. The maximum atomic E-state index is 9.88. The van der Waals surface area contributed by atoms with Gasteiger partial charge in [0.1, 0.15) is 12.4 Å². The molecule has 1 unspecified atom stereocenters. The minimum absolute atomic E-state index is 0.393. The van der Waals surface area contributed by atoms with E-state index < -0.39 is 5.60 Å². The SMILES string of the molecule is CC1(O)CCCc2ccccc2OC1. The molecule has 0 spiro atoms. The smallest absolute Gasteiger partial charge is 0.122 e. The lowest BCUT2D eigenvalue weighted by atomic mass is 9.96. The molecule has 2 heteroatoms. The molecule has 0 aromatic heterocycles. The molecule has 2 nitrogen and oxygen atoms in total. The van der Waals surface area contributed by atoms with E-state index in [2.05, 4.69) is 6.07 Å². The zero-order valence-corrected chi connectivity index (χ0v) is 8.49. The Hall–Kier alpha value is -1.02. The largest absolute Gasteiger partial charge is 0.490 e.